The van der Waals surface area contributed by atoms with E-state index < -0.39 is 17.5 Å². The molecule has 3 heteroatoms. The Bertz CT molecular complexity index is 788. The number of aryl methyl sites for hydroxylation is 1. The summed E-state index contributed by atoms with van der Waals surface area (Å²) in [4.78, 5) is 0. The summed E-state index contributed by atoms with van der Waals surface area (Å²) in [6, 6.07) is 8.30. The van der Waals surface area contributed by atoms with Crippen molar-refractivity contribution in [2.24, 2.45) is 11.8 Å². The molecule has 26 heavy (non-hydrogen) atoms. The SMILES string of the molecule is CCC[C@@H]1CC[C@@H]2c3ccc(-c4cc(F)c(F)c(F)c4)cc3CC[C@@H]2C1. The lowest BCUT2D eigenvalue weighted by Crippen LogP contribution is -2.28. The van der Waals surface area contributed by atoms with E-state index in [0.29, 0.717) is 11.5 Å². The van der Waals surface area contributed by atoms with Crippen LogP contribution in [0.15, 0.2) is 30.3 Å². The van der Waals surface area contributed by atoms with Crippen molar-refractivity contribution in [1.29, 1.82) is 0 Å². The van der Waals surface area contributed by atoms with Crippen LogP contribution in [0.3, 0.4) is 0 Å². The van der Waals surface area contributed by atoms with Crippen LogP contribution in [-0.2, 0) is 6.42 Å². The van der Waals surface area contributed by atoms with E-state index in [1.807, 2.05) is 6.07 Å². The lowest BCUT2D eigenvalue weighted by molar-refractivity contribution is 0.201. The predicted molar refractivity (Wildman–Crippen MR) is 98.6 cm³/mol. The van der Waals surface area contributed by atoms with Crippen molar-refractivity contribution < 1.29 is 13.2 Å². The summed E-state index contributed by atoms with van der Waals surface area (Å²) >= 11 is 0. The van der Waals surface area contributed by atoms with Crippen LogP contribution in [0.1, 0.15) is 62.5 Å². The van der Waals surface area contributed by atoms with Gasteiger partial charge in [-0.05, 0) is 84.2 Å². The minimum absolute atomic E-state index is 0.401. The molecule has 1 saturated carbocycles. The first kappa shape index (κ1) is 17.6. The smallest absolute Gasteiger partial charge is 0.194 e. The van der Waals surface area contributed by atoms with Crippen LogP contribution in [0, 0.1) is 29.3 Å². The van der Waals surface area contributed by atoms with Crippen molar-refractivity contribution in [3.05, 3.63) is 58.9 Å². The molecule has 0 bridgehead atoms. The van der Waals surface area contributed by atoms with Gasteiger partial charge in [-0.15, -0.1) is 0 Å². The lowest BCUT2D eigenvalue weighted by atomic mass is 9.64. The maximum Gasteiger partial charge on any atom is 0.194 e. The van der Waals surface area contributed by atoms with Crippen LogP contribution in [0.4, 0.5) is 13.2 Å². The first-order chi connectivity index (χ1) is 12.6. The Balaban J connectivity index is 1.61. The topological polar surface area (TPSA) is 0 Å². The molecule has 0 radical (unpaired) electrons. The monoisotopic (exact) mass is 358 g/mol. The largest absolute Gasteiger partial charge is 0.204 e. The molecule has 0 aromatic heterocycles. The molecule has 0 spiro atoms. The predicted octanol–water partition coefficient (Wildman–Crippen LogP) is 7.02. The number of fused-ring (bicyclic) bond motifs is 3. The van der Waals surface area contributed by atoms with Crippen LogP contribution in [0.25, 0.3) is 11.1 Å². The zero-order valence-corrected chi connectivity index (χ0v) is 15.2. The molecule has 0 aliphatic heterocycles. The minimum Gasteiger partial charge on any atom is -0.204 e. The zero-order chi connectivity index (χ0) is 18.3. The van der Waals surface area contributed by atoms with E-state index in [2.05, 4.69) is 19.1 Å². The van der Waals surface area contributed by atoms with Gasteiger partial charge in [-0.2, -0.15) is 0 Å². The van der Waals surface area contributed by atoms with Crippen molar-refractivity contribution in [1.82, 2.24) is 0 Å². The van der Waals surface area contributed by atoms with Gasteiger partial charge < -0.3 is 0 Å². The molecule has 2 aliphatic carbocycles. The third-order valence-corrected chi connectivity index (χ3v) is 6.43. The van der Waals surface area contributed by atoms with Crippen LogP contribution in [0.2, 0.25) is 0 Å². The molecule has 138 valence electrons. The molecule has 1 fully saturated rings. The number of rotatable bonds is 3. The van der Waals surface area contributed by atoms with Crippen molar-refractivity contribution >= 4 is 0 Å². The highest BCUT2D eigenvalue weighted by Gasteiger charge is 2.34. The van der Waals surface area contributed by atoms with E-state index in [1.165, 1.54) is 49.7 Å². The van der Waals surface area contributed by atoms with Gasteiger partial charge in [-0.3, -0.25) is 0 Å². The molecule has 4 rings (SSSR count). The van der Waals surface area contributed by atoms with Gasteiger partial charge in [0, 0.05) is 0 Å². The van der Waals surface area contributed by atoms with Gasteiger partial charge in [0.05, 0.1) is 0 Å². The third-order valence-electron chi connectivity index (χ3n) is 6.43. The summed E-state index contributed by atoms with van der Waals surface area (Å²) in [6.45, 7) is 2.27. The Morgan fingerprint density at radius 2 is 1.69 bits per heavy atom. The second kappa shape index (κ2) is 7.09. The summed E-state index contributed by atoms with van der Waals surface area (Å²) in [5.74, 6) is -1.38. The van der Waals surface area contributed by atoms with Crippen molar-refractivity contribution in [3.8, 4) is 11.1 Å². The second-order valence-electron chi connectivity index (χ2n) is 8.04. The molecule has 3 atom stereocenters. The van der Waals surface area contributed by atoms with Gasteiger partial charge in [-0.25, -0.2) is 13.2 Å². The fourth-order valence-corrected chi connectivity index (χ4v) is 5.19. The molecule has 0 nitrogen and oxygen atoms in total. The molecule has 0 N–H and O–H groups in total. The quantitative estimate of drug-likeness (QED) is 0.517. The van der Waals surface area contributed by atoms with Crippen LogP contribution < -0.4 is 0 Å². The molecular weight excluding hydrogens is 333 g/mol. The van der Waals surface area contributed by atoms with Crippen molar-refractivity contribution in [2.45, 2.75) is 57.8 Å². The van der Waals surface area contributed by atoms with Gasteiger partial charge in [0.15, 0.2) is 17.5 Å². The second-order valence-corrected chi connectivity index (χ2v) is 8.04. The number of halogens is 3. The Morgan fingerprint density at radius 1 is 0.923 bits per heavy atom. The average Bonchev–Trinajstić information content (AvgIpc) is 2.65. The number of hydrogen-bond acceptors (Lipinski definition) is 0. The van der Waals surface area contributed by atoms with Crippen molar-refractivity contribution in [2.75, 3.05) is 0 Å². The lowest BCUT2D eigenvalue weighted by Gasteiger charge is -2.40. The van der Waals surface area contributed by atoms with Crippen LogP contribution in [-0.4, -0.2) is 0 Å². The maximum atomic E-state index is 13.6. The van der Waals surface area contributed by atoms with Gasteiger partial charge in [0.25, 0.3) is 0 Å². The third kappa shape index (κ3) is 3.17. The molecular formula is C23H25F3. The summed E-state index contributed by atoms with van der Waals surface area (Å²) in [5, 5.41) is 0. The van der Waals surface area contributed by atoms with Crippen LogP contribution in [0.5, 0.6) is 0 Å². The normalized spacial score (nSPS) is 24.8. The Morgan fingerprint density at radius 3 is 2.42 bits per heavy atom. The Kier molecular flexibility index (Phi) is 4.81. The highest BCUT2D eigenvalue weighted by Crippen LogP contribution is 2.48. The molecule has 2 aromatic rings. The van der Waals surface area contributed by atoms with E-state index in [1.54, 1.807) is 0 Å². The summed E-state index contributed by atoms with van der Waals surface area (Å²) in [5.41, 5.74) is 3.88. The zero-order valence-electron chi connectivity index (χ0n) is 15.2. The standard InChI is InChI=1S/C23H25F3/c1-2-3-14-4-8-19-16(10-14)5-6-17-11-15(7-9-20(17)19)18-12-21(24)23(26)22(25)13-18/h7,9,11-14,16,19H,2-6,8,10H2,1H3/t14-,16-,19+/m1/s1. The fourth-order valence-electron chi connectivity index (χ4n) is 5.19. The van der Waals surface area contributed by atoms with Crippen LogP contribution >= 0.6 is 0 Å². The molecule has 0 heterocycles. The molecule has 0 amide bonds. The van der Waals surface area contributed by atoms with Gasteiger partial charge in [0.1, 0.15) is 0 Å². The fraction of sp³-hybridized carbons (Fsp3) is 0.478. The highest BCUT2D eigenvalue weighted by atomic mass is 19.2. The average molecular weight is 358 g/mol. The van der Waals surface area contributed by atoms with E-state index in [0.717, 1.165) is 36.0 Å². The molecule has 2 aromatic carbocycles. The first-order valence-corrected chi connectivity index (χ1v) is 9.84. The van der Waals surface area contributed by atoms with Gasteiger partial charge in [0.2, 0.25) is 0 Å². The molecule has 0 saturated heterocycles. The number of benzene rings is 2. The first-order valence-electron chi connectivity index (χ1n) is 9.84. The summed E-state index contributed by atoms with van der Waals surface area (Å²) < 4.78 is 40.4. The van der Waals surface area contributed by atoms with E-state index in [4.69, 9.17) is 0 Å². The van der Waals surface area contributed by atoms with E-state index in [9.17, 15) is 13.2 Å². The Labute approximate surface area is 153 Å². The Hall–Kier alpha value is -1.77. The van der Waals surface area contributed by atoms with E-state index in [-0.39, 0.29) is 0 Å². The summed E-state index contributed by atoms with van der Waals surface area (Å²) in [7, 11) is 0. The molecule has 0 unspecified atom stereocenters. The molecule has 2 aliphatic rings. The highest BCUT2D eigenvalue weighted by molar-refractivity contribution is 5.65. The summed E-state index contributed by atoms with van der Waals surface area (Å²) in [6.07, 6.45) is 8.74. The van der Waals surface area contributed by atoms with Gasteiger partial charge >= 0.3 is 0 Å². The van der Waals surface area contributed by atoms with Gasteiger partial charge in [-0.1, -0.05) is 38.0 Å². The maximum absolute atomic E-state index is 13.6. The van der Waals surface area contributed by atoms with Crippen molar-refractivity contribution in [3.63, 3.8) is 0 Å². The number of hydrogen-bond donors (Lipinski definition) is 0. The minimum atomic E-state index is -1.40. The van der Waals surface area contributed by atoms with E-state index >= 15 is 0 Å².